The molecule has 0 fully saturated rings. The first-order valence-corrected chi connectivity index (χ1v) is 13.8. The molecule has 194 valence electrons. The van der Waals surface area contributed by atoms with Gasteiger partial charge in [-0.15, -0.1) is 0 Å². The number of unbranched alkanes of at least 4 members (excludes halogenated alkanes) is 1. The Kier molecular flexibility index (Phi) is 8.33. The van der Waals surface area contributed by atoms with E-state index in [0.29, 0.717) is 44.5 Å². The van der Waals surface area contributed by atoms with Crippen LogP contribution in [0, 0.1) is 0 Å². The quantitative estimate of drug-likeness (QED) is 0.135. The highest BCUT2D eigenvalue weighted by Gasteiger charge is 2.45. The zero-order chi connectivity index (χ0) is 26.7. The number of esters is 1. The van der Waals surface area contributed by atoms with Crippen LogP contribution in [0.1, 0.15) is 52.3 Å². The molecule has 1 unspecified atom stereocenters. The number of fused-ring (bicyclic) bond motifs is 3. The summed E-state index contributed by atoms with van der Waals surface area (Å²) in [7, 11) is 0. The van der Waals surface area contributed by atoms with Crippen molar-refractivity contribution in [3.63, 3.8) is 0 Å². The van der Waals surface area contributed by atoms with E-state index in [1.807, 2.05) is 25.1 Å². The monoisotopic (exact) mass is 587 g/mol. The summed E-state index contributed by atoms with van der Waals surface area (Å²) in [5.74, 6) is 0.648. The summed E-state index contributed by atoms with van der Waals surface area (Å²) in [6, 6.07) is 10.7. The number of carbonyl (C=O) groups is 2. The highest BCUT2D eigenvalue weighted by Crippen LogP contribution is 2.42. The van der Waals surface area contributed by atoms with Crippen LogP contribution in [0.4, 0.5) is 5.69 Å². The lowest BCUT2D eigenvalue weighted by molar-refractivity contribution is -0.763. The van der Waals surface area contributed by atoms with Crippen LogP contribution in [0.3, 0.4) is 0 Å². The third kappa shape index (κ3) is 5.42. The molecule has 2 heterocycles. The van der Waals surface area contributed by atoms with Gasteiger partial charge >= 0.3 is 17.2 Å². The molecule has 1 aliphatic heterocycles. The van der Waals surface area contributed by atoms with Gasteiger partial charge in [0.25, 0.3) is 6.17 Å². The lowest BCUT2D eigenvalue weighted by Gasteiger charge is -2.31. The maximum absolute atomic E-state index is 13.4. The van der Waals surface area contributed by atoms with Gasteiger partial charge in [0.2, 0.25) is 11.1 Å². The number of carbonyl (C=O) groups excluding carboxylic acids is 2. The molecule has 0 bridgehead atoms. The van der Waals surface area contributed by atoms with Gasteiger partial charge in [0, 0.05) is 24.7 Å². The van der Waals surface area contributed by atoms with Crippen LogP contribution in [-0.4, -0.2) is 34.3 Å². The Balaban J connectivity index is 1.99. The number of benzene rings is 2. The molecule has 3 aromatic rings. The summed E-state index contributed by atoms with van der Waals surface area (Å²) in [5, 5.41) is 5.27. The molecule has 0 saturated heterocycles. The minimum absolute atomic E-state index is 0.226. The molecule has 2 aromatic carbocycles. The molecule has 1 atom stereocenters. The van der Waals surface area contributed by atoms with Crippen molar-refractivity contribution in [1.29, 1.82) is 0 Å². The molecular weight excluding hydrogens is 560 g/mol. The average Bonchev–Trinajstić information content (AvgIpc) is 2.84. The van der Waals surface area contributed by atoms with E-state index in [4.69, 9.17) is 14.6 Å². The lowest BCUT2D eigenvalue weighted by Crippen LogP contribution is -2.60. The van der Waals surface area contributed by atoms with Gasteiger partial charge in [-0.05, 0) is 58.2 Å². The Morgan fingerprint density at radius 1 is 1.22 bits per heavy atom. The van der Waals surface area contributed by atoms with Gasteiger partial charge in [-0.3, -0.25) is 19.4 Å². The van der Waals surface area contributed by atoms with Crippen LogP contribution >= 0.6 is 27.7 Å². The fraction of sp³-hybridized carbons (Fsp3) is 0.346. The van der Waals surface area contributed by atoms with Crippen molar-refractivity contribution in [2.45, 2.75) is 51.9 Å². The second-order valence-corrected chi connectivity index (χ2v) is 10.3. The number of hydrogen-bond acceptors (Lipinski definition) is 7. The summed E-state index contributed by atoms with van der Waals surface area (Å²) in [6.07, 6.45) is 1.20. The number of nitrogens with one attached hydrogen (secondary N) is 1. The summed E-state index contributed by atoms with van der Waals surface area (Å²) in [4.78, 5) is 42.8. The van der Waals surface area contributed by atoms with E-state index in [1.54, 1.807) is 27.8 Å². The standard InChI is InChI=1S/C26H27BrN4O5S/c1-5-7-12-37-26-28-24(34)22-18-10-8-9-11-20(18)30(15(3)32)25(31(22)29-26)17-13-19(27)23(36-16(4)33)21(14-17)35-6-2/h8-11,13-14,25H,5-7,12H2,1-4H3/p+1. The third-order valence-electron chi connectivity index (χ3n) is 5.71. The average molecular weight is 589 g/mol. The third-order valence-corrected chi connectivity index (χ3v) is 7.25. The number of ether oxygens (including phenoxy) is 2. The fourth-order valence-electron chi connectivity index (χ4n) is 4.23. The van der Waals surface area contributed by atoms with Gasteiger partial charge in [0.15, 0.2) is 11.5 Å². The maximum atomic E-state index is 13.4. The topological polar surface area (TPSA) is 105 Å². The second-order valence-electron chi connectivity index (χ2n) is 8.39. The first-order valence-electron chi connectivity index (χ1n) is 12.0. The summed E-state index contributed by atoms with van der Waals surface area (Å²) in [6.45, 7) is 7.04. The maximum Gasteiger partial charge on any atom is 0.325 e. The van der Waals surface area contributed by atoms with Gasteiger partial charge in [0.05, 0.1) is 27.9 Å². The molecule has 0 aliphatic carbocycles. The summed E-state index contributed by atoms with van der Waals surface area (Å²) < 4.78 is 13.3. The van der Waals surface area contributed by atoms with E-state index in [1.165, 1.54) is 25.6 Å². The van der Waals surface area contributed by atoms with Crippen molar-refractivity contribution in [3.05, 3.63) is 56.8 Å². The van der Waals surface area contributed by atoms with Crippen molar-refractivity contribution >= 4 is 45.3 Å². The van der Waals surface area contributed by atoms with Crippen LogP contribution in [-0.2, 0) is 9.59 Å². The molecule has 37 heavy (non-hydrogen) atoms. The lowest BCUT2D eigenvalue weighted by atomic mass is 10.0. The van der Waals surface area contributed by atoms with E-state index in [9.17, 15) is 14.4 Å². The predicted molar refractivity (Wildman–Crippen MR) is 144 cm³/mol. The number of rotatable bonds is 8. The van der Waals surface area contributed by atoms with Gasteiger partial charge in [-0.2, -0.15) is 0 Å². The zero-order valence-electron chi connectivity index (χ0n) is 21.0. The first-order chi connectivity index (χ1) is 17.8. The Hall–Kier alpha value is -3.18. The van der Waals surface area contributed by atoms with Crippen molar-refractivity contribution in [3.8, 4) is 22.8 Å². The minimum atomic E-state index is -0.794. The van der Waals surface area contributed by atoms with Crippen molar-refractivity contribution in [2.75, 3.05) is 17.3 Å². The molecule has 1 N–H and O–H groups in total. The van der Waals surface area contributed by atoms with E-state index in [2.05, 4.69) is 27.8 Å². The minimum Gasteiger partial charge on any atom is -0.490 e. The van der Waals surface area contributed by atoms with E-state index in [0.717, 1.165) is 18.6 Å². The van der Waals surface area contributed by atoms with Gasteiger partial charge in [-0.1, -0.05) is 37.2 Å². The molecule has 11 heteroatoms. The van der Waals surface area contributed by atoms with Crippen LogP contribution in [0.15, 0.2) is 50.8 Å². The van der Waals surface area contributed by atoms with Crippen molar-refractivity contribution in [2.24, 2.45) is 0 Å². The molecule has 1 amide bonds. The molecule has 1 aromatic heterocycles. The predicted octanol–water partition coefficient (Wildman–Crippen LogP) is 4.62. The van der Waals surface area contributed by atoms with Gasteiger partial charge < -0.3 is 9.47 Å². The number of nitrogens with zero attached hydrogens (tertiary/aromatic N) is 3. The molecule has 0 spiro atoms. The molecule has 1 aliphatic rings. The van der Waals surface area contributed by atoms with Crippen molar-refractivity contribution in [1.82, 2.24) is 10.1 Å². The molecular formula is C26H28BrN4O5S+. The SMILES string of the molecule is CCCCSc1n[n+]2c(c(=O)[nH]1)-c1ccccc1N(C(C)=O)C2c1cc(Br)c(OC(C)=O)c(OCC)c1. The number of thioether (sulfide) groups is 1. The Bertz CT molecular complexity index is 1410. The number of para-hydroxylation sites is 1. The number of amides is 1. The number of hydrogen-bond donors (Lipinski definition) is 1. The smallest absolute Gasteiger partial charge is 0.325 e. The number of anilines is 1. The van der Waals surface area contributed by atoms with E-state index in [-0.39, 0.29) is 17.2 Å². The van der Waals surface area contributed by atoms with Crippen LogP contribution < -0.4 is 24.6 Å². The number of H-pyrrole nitrogens is 1. The normalized spacial score (nSPS) is 14.1. The van der Waals surface area contributed by atoms with Crippen LogP contribution in [0.25, 0.3) is 11.3 Å². The molecule has 4 rings (SSSR count). The largest absolute Gasteiger partial charge is 0.490 e. The van der Waals surface area contributed by atoms with E-state index < -0.39 is 12.1 Å². The fourth-order valence-corrected chi connectivity index (χ4v) is 5.71. The highest BCUT2D eigenvalue weighted by atomic mass is 79.9. The zero-order valence-corrected chi connectivity index (χ0v) is 23.4. The van der Waals surface area contributed by atoms with E-state index >= 15 is 0 Å². The number of aromatic nitrogens is 3. The Labute approximate surface area is 227 Å². The summed E-state index contributed by atoms with van der Waals surface area (Å²) in [5.41, 5.74) is 1.86. The number of aromatic amines is 1. The Morgan fingerprint density at radius 3 is 2.65 bits per heavy atom. The van der Waals surface area contributed by atoms with Gasteiger partial charge in [0.1, 0.15) is 0 Å². The highest BCUT2D eigenvalue weighted by molar-refractivity contribution is 9.10. The Morgan fingerprint density at radius 2 is 1.97 bits per heavy atom. The van der Waals surface area contributed by atoms with Crippen LogP contribution in [0.5, 0.6) is 11.5 Å². The van der Waals surface area contributed by atoms with Gasteiger partial charge in [-0.25, -0.2) is 4.90 Å². The first kappa shape index (κ1) is 26.9. The van der Waals surface area contributed by atoms with Crippen LogP contribution in [0.2, 0.25) is 0 Å². The number of halogens is 1. The second kappa shape index (κ2) is 11.5. The molecule has 0 radical (unpaired) electrons. The summed E-state index contributed by atoms with van der Waals surface area (Å²) >= 11 is 4.96. The molecule has 9 nitrogen and oxygen atoms in total. The van der Waals surface area contributed by atoms with Crippen molar-refractivity contribution < 1.29 is 23.7 Å². The molecule has 0 saturated carbocycles.